The standard InChI is InChI=1S/C25H36N2O/c1-7-10-23-24(28)26(6)21(5)17-27(23)16-20(4)25(11-8-9-12-25)22-14-18(2)13-19(3)15-22/h7,10,13-15,20-21H,1,8-9,11-12,16-17H2,2-6H3/b23-10-. The van der Waals surface area contributed by atoms with Gasteiger partial charge in [0.2, 0.25) is 0 Å². The third kappa shape index (κ3) is 3.76. The number of hydrogen-bond acceptors (Lipinski definition) is 2. The summed E-state index contributed by atoms with van der Waals surface area (Å²) in [6.07, 6.45) is 8.71. The predicted molar refractivity (Wildman–Crippen MR) is 117 cm³/mol. The predicted octanol–water partition coefficient (Wildman–Crippen LogP) is 4.98. The van der Waals surface area contributed by atoms with Gasteiger partial charge in [-0.3, -0.25) is 4.79 Å². The summed E-state index contributed by atoms with van der Waals surface area (Å²) in [5, 5.41) is 0. The Morgan fingerprint density at radius 2 is 1.82 bits per heavy atom. The van der Waals surface area contributed by atoms with Gasteiger partial charge in [-0.05, 0) is 56.6 Å². The van der Waals surface area contributed by atoms with Gasteiger partial charge in [0.25, 0.3) is 5.91 Å². The minimum Gasteiger partial charge on any atom is -0.365 e. The molecule has 0 radical (unpaired) electrons. The highest BCUT2D eigenvalue weighted by Gasteiger charge is 2.42. The molecule has 3 heteroatoms. The fourth-order valence-electron chi connectivity index (χ4n) is 5.36. The first-order valence-corrected chi connectivity index (χ1v) is 10.7. The highest BCUT2D eigenvalue weighted by molar-refractivity contribution is 5.94. The van der Waals surface area contributed by atoms with Crippen LogP contribution in [0.15, 0.2) is 42.6 Å². The SMILES string of the molecule is C=C/C=C1/C(=O)N(C)C(C)CN1CC(C)C1(c2cc(C)cc(C)c2)CCCC1. The normalized spacial score (nSPS) is 24.7. The first-order valence-electron chi connectivity index (χ1n) is 10.7. The molecule has 1 aromatic rings. The number of hydrogen-bond donors (Lipinski definition) is 0. The van der Waals surface area contributed by atoms with Crippen LogP contribution in [0.5, 0.6) is 0 Å². The molecule has 2 atom stereocenters. The Bertz CT molecular complexity index is 753. The first-order chi connectivity index (χ1) is 13.3. The van der Waals surface area contributed by atoms with E-state index >= 15 is 0 Å². The second kappa shape index (κ2) is 8.14. The zero-order valence-electron chi connectivity index (χ0n) is 18.3. The maximum Gasteiger partial charge on any atom is 0.270 e. The van der Waals surface area contributed by atoms with E-state index in [9.17, 15) is 4.79 Å². The van der Waals surface area contributed by atoms with Crippen molar-refractivity contribution in [2.45, 2.75) is 64.8 Å². The van der Waals surface area contributed by atoms with Crippen molar-refractivity contribution in [3.8, 4) is 0 Å². The van der Waals surface area contributed by atoms with Gasteiger partial charge >= 0.3 is 0 Å². The molecule has 2 aliphatic rings. The van der Waals surface area contributed by atoms with Crippen LogP contribution in [-0.2, 0) is 10.2 Å². The van der Waals surface area contributed by atoms with Crippen LogP contribution in [0, 0.1) is 19.8 Å². The molecular formula is C25H36N2O. The minimum absolute atomic E-state index is 0.109. The average molecular weight is 381 g/mol. The highest BCUT2D eigenvalue weighted by Crippen LogP contribution is 2.47. The Morgan fingerprint density at radius 1 is 1.21 bits per heavy atom. The second-order valence-corrected chi connectivity index (χ2v) is 9.10. The lowest BCUT2D eigenvalue weighted by Crippen LogP contribution is -2.54. The topological polar surface area (TPSA) is 23.6 Å². The van der Waals surface area contributed by atoms with Crippen molar-refractivity contribution < 1.29 is 4.79 Å². The number of likely N-dealkylation sites (N-methyl/N-ethyl adjacent to an activating group) is 1. The molecular weight excluding hydrogens is 344 g/mol. The number of rotatable bonds is 5. The summed E-state index contributed by atoms with van der Waals surface area (Å²) in [6.45, 7) is 14.6. The smallest absolute Gasteiger partial charge is 0.270 e. The zero-order chi connectivity index (χ0) is 20.5. The van der Waals surface area contributed by atoms with Crippen molar-refractivity contribution in [2.75, 3.05) is 20.1 Å². The third-order valence-electron chi connectivity index (χ3n) is 7.03. The fourth-order valence-corrected chi connectivity index (χ4v) is 5.36. The average Bonchev–Trinajstić information content (AvgIpc) is 3.13. The molecule has 152 valence electrons. The molecule has 1 aliphatic heterocycles. The van der Waals surface area contributed by atoms with E-state index in [2.05, 4.69) is 57.4 Å². The van der Waals surface area contributed by atoms with Crippen molar-refractivity contribution >= 4 is 5.91 Å². The number of nitrogens with zero attached hydrogens (tertiary/aromatic N) is 2. The van der Waals surface area contributed by atoms with Gasteiger partial charge in [-0.25, -0.2) is 0 Å². The zero-order valence-corrected chi connectivity index (χ0v) is 18.3. The molecule has 0 bridgehead atoms. The molecule has 1 aliphatic carbocycles. The van der Waals surface area contributed by atoms with Crippen LogP contribution < -0.4 is 0 Å². The summed E-state index contributed by atoms with van der Waals surface area (Å²) in [5.41, 5.74) is 5.20. The lowest BCUT2D eigenvalue weighted by molar-refractivity contribution is -0.132. The number of carbonyl (C=O) groups excluding carboxylic acids is 1. The molecule has 3 nitrogen and oxygen atoms in total. The molecule has 1 aromatic carbocycles. The first kappa shape index (κ1) is 20.7. The Hall–Kier alpha value is -2.03. The van der Waals surface area contributed by atoms with E-state index < -0.39 is 0 Å². The number of benzene rings is 1. The number of aryl methyl sites for hydroxylation is 2. The Morgan fingerprint density at radius 3 is 2.39 bits per heavy atom. The van der Waals surface area contributed by atoms with E-state index in [1.807, 2.05) is 18.0 Å². The largest absolute Gasteiger partial charge is 0.365 e. The van der Waals surface area contributed by atoms with E-state index in [1.54, 1.807) is 6.08 Å². The number of amides is 1. The van der Waals surface area contributed by atoms with Gasteiger partial charge in [-0.1, -0.05) is 61.7 Å². The molecule has 1 saturated carbocycles. The van der Waals surface area contributed by atoms with Crippen LogP contribution in [0.25, 0.3) is 0 Å². The van der Waals surface area contributed by atoms with Crippen LogP contribution in [0.2, 0.25) is 0 Å². The van der Waals surface area contributed by atoms with E-state index in [1.165, 1.54) is 42.4 Å². The van der Waals surface area contributed by atoms with E-state index in [4.69, 9.17) is 0 Å². The summed E-state index contributed by atoms with van der Waals surface area (Å²) >= 11 is 0. The molecule has 1 amide bonds. The van der Waals surface area contributed by atoms with Crippen LogP contribution in [0.3, 0.4) is 0 Å². The van der Waals surface area contributed by atoms with Crippen LogP contribution >= 0.6 is 0 Å². The number of allylic oxidation sites excluding steroid dienone is 2. The van der Waals surface area contributed by atoms with Crippen LogP contribution in [0.4, 0.5) is 0 Å². The monoisotopic (exact) mass is 380 g/mol. The number of piperazine rings is 1. The van der Waals surface area contributed by atoms with Crippen LogP contribution in [-0.4, -0.2) is 41.9 Å². The molecule has 1 heterocycles. The van der Waals surface area contributed by atoms with Gasteiger partial charge in [-0.15, -0.1) is 0 Å². The molecule has 0 spiro atoms. The van der Waals surface area contributed by atoms with E-state index in [0.717, 1.165) is 18.8 Å². The van der Waals surface area contributed by atoms with Gasteiger partial charge in [0, 0.05) is 26.2 Å². The summed E-state index contributed by atoms with van der Waals surface area (Å²) < 4.78 is 0. The molecule has 28 heavy (non-hydrogen) atoms. The lowest BCUT2D eigenvalue weighted by atomic mass is 9.68. The Kier molecular flexibility index (Phi) is 6.02. The van der Waals surface area contributed by atoms with Crippen molar-refractivity contribution in [1.29, 1.82) is 0 Å². The molecule has 2 fully saturated rings. The summed E-state index contributed by atoms with van der Waals surface area (Å²) in [5.74, 6) is 0.588. The summed E-state index contributed by atoms with van der Waals surface area (Å²) in [6, 6.07) is 7.28. The fraction of sp³-hybridized carbons (Fsp3) is 0.560. The maximum absolute atomic E-state index is 12.8. The second-order valence-electron chi connectivity index (χ2n) is 9.10. The van der Waals surface area contributed by atoms with Crippen molar-refractivity contribution in [3.63, 3.8) is 0 Å². The number of carbonyl (C=O) groups is 1. The van der Waals surface area contributed by atoms with Gasteiger partial charge in [-0.2, -0.15) is 0 Å². The van der Waals surface area contributed by atoms with Gasteiger partial charge < -0.3 is 9.80 Å². The molecule has 2 unspecified atom stereocenters. The maximum atomic E-state index is 12.8. The van der Waals surface area contributed by atoms with Gasteiger partial charge in [0.15, 0.2) is 0 Å². The van der Waals surface area contributed by atoms with Crippen LogP contribution in [0.1, 0.15) is 56.2 Å². The third-order valence-corrected chi connectivity index (χ3v) is 7.03. The minimum atomic E-state index is 0.109. The summed E-state index contributed by atoms with van der Waals surface area (Å²) in [4.78, 5) is 17.0. The highest BCUT2D eigenvalue weighted by atomic mass is 16.2. The van der Waals surface area contributed by atoms with E-state index in [0.29, 0.717) is 5.92 Å². The lowest BCUT2D eigenvalue weighted by Gasteiger charge is -2.45. The van der Waals surface area contributed by atoms with Gasteiger partial charge in [0.1, 0.15) is 5.70 Å². The van der Waals surface area contributed by atoms with Crippen molar-refractivity contribution in [3.05, 3.63) is 59.3 Å². The molecule has 0 aromatic heterocycles. The molecule has 1 saturated heterocycles. The quantitative estimate of drug-likeness (QED) is 0.672. The van der Waals surface area contributed by atoms with Gasteiger partial charge in [0.05, 0.1) is 0 Å². The molecule has 0 N–H and O–H groups in total. The summed E-state index contributed by atoms with van der Waals surface area (Å²) in [7, 11) is 1.90. The van der Waals surface area contributed by atoms with Crippen molar-refractivity contribution in [1.82, 2.24) is 9.80 Å². The van der Waals surface area contributed by atoms with Crippen molar-refractivity contribution in [2.24, 2.45) is 5.92 Å². The molecule has 3 rings (SSSR count). The van der Waals surface area contributed by atoms with E-state index in [-0.39, 0.29) is 17.4 Å². The Balaban J connectivity index is 1.92. The Labute approximate surface area is 171 Å².